The molecule has 0 aliphatic rings. The molecule has 0 aromatic rings. The summed E-state index contributed by atoms with van der Waals surface area (Å²) in [5, 5.41) is 11.7. The van der Waals surface area contributed by atoms with Crippen LogP contribution in [0, 0.1) is 0 Å². The van der Waals surface area contributed by atoms with Crippen molar-refractivity contribution in [1.29, 1.82) is 0 Å². The summed E-state index contributed by atoms with van der Waals surface area (Å²) in [7, 11) is 0. The number of nitrogens with zero attached hydrogens (tertiary/aromatic N) is 1. The topological polar surface area (TPSA) is 52.6 Å². The maximum Gasteiger partial charge on any atom is 0.234 e. The highest BCUT2D eigenvalue weighted by Gasteiger charge is 2.10. The third-order valence-electron chi connectivity index (χ3n) is 2.19. The van der Waals surface area contributed by atoms with Crippen LogP contribution in [0.5, 0.6) is 0 Å². The number of aliphatic hydroxyl groups excluding tert-OH is 1. The second kappa shape index (κ2) is 8.44. The van der Waals surface area contributed by atoms with Gasteiger partial charge in [0.25, 0.3) is 0 Å². The zero-order valence-electron chi connectivity index (χ0n) is 9.70. The summed E-state index contributed by atoms with van der Waals surface area (Å²) < 4.78 is 0. The monoisotopic (exact) mass is 214 g/mol. The van der Waals surface area contributed by atoms with Crippen molar-refractivity contribution >= 4 is 5.91 Å². The molecule has 1 atom stereocenters. The molecule has 88 valence electrons. The van der Waals surface area contributed by atoms with E-state index in [1.807, 2.05) is 18.7 Å². The zero-order chi connectivity index (χ0) is 11.7. The Balaban J connectivity index is 3.92. The molecular formula is C11H22N2O2. The number of carbonyl (C=O) groups is 1. The molecule has 0 spiro atoms. The number of hydrogen-bond donors (Lipinski definition) is 2. The number of aliphatic hydroxyl groups is 1. The Morgan fingerprint density at radius 2 is 2.33 bits per heavy atom. The highest BCUT2D eigenvalue weighted by molar-refractivity contribution is 5.78. The van der Waals surface area contributed by atoms with Gasteiger partial charge in [0.05, 0.1) is 13.2 Å². The number of rotatable bonds is 8. The average Bonchev–Trinajstić information content (AvgIpc) is 2.18. The van der Waals surface area contributed by atoms with Crippen LogP contribution in [0.3, 0.4) is 0 Å². The quantitative estimate of drug-likeness (QED) is 0.574. The van der Waals surface area contributed by atoms with Gasteiger partial charge in [-0.25, -0.2) is 0 Å². The molecule has 0 bridgehead atoms. The maximum absolute atomic E-state index is 11.5. The molecule has 0 saturated heterocycles. The van der Waals surface area contributed by atoms with Crippen LogP contribution >= 0.6 is 0 Å². The molecular weight excluding hydrogens is 192 g/mol. The molecule has 0 aliphatic carbocycles. The van der Waals surface area contributed by atoms with Crippen LogP contribution in [-0.4, -0.2) is 48.2 Å². The van der Waals surface area contributed by atoms with Crippen LogP contribution in [0.15, 0.2) is 12.7 Å². The van der Waals surface area contributed by atoms with Gasteiger partial charge < -0.3 is 10.4 Å². The van der Waals surface area contributed by atoms with E-state index in [9.17, 15) is 4.79 Å². The van der Waals surface area contributed by atoms with Crippen LogP contribution < -0.4 is 5.32 Å². The fraction of sp³-hybridized carbons (Fsp3) is 0.727. The highest BCUT2D eigenvalue weighted by Crippen LogP contribution is 1.91. The summed E-state index contributed by atoms with van der Waals surface area (Å²) in [6, 6.07) is 0.206. The molecule has 0 fully saturated rings. The van der Waals surface area contributed by atoms with Crippen molar-refractivity contribution < 1.29 is 9.90 Å². The molecule has 0 heterocycles. The first-order valence-corrected chi connectivity index (χ1v) is 5.37. The van der Waals surface area contributed by atoms with Crippen molar-refractivity contribution in [3.8, 4) is 0 Å². The lowest BCUT2D eigenvalue weighted by Gasteiger charge is -2.20. The Morgan fingerprint density at radius 3 is 2.80 bits per heavy atom. The first-order chi connectivity index (χ1) is 7.13. The Labute approximate surface area is 92.0 Å². The van der Waals surface area contributed by atoms with Gasteiger partial charge in [-0.1, -0.05) is 13.0 Å². The molecule has 0 aromatic carbocycles. The molecule has 0 aromatic heterocycles. The van der Waals surface area contributed by atoms with Gasteiger partial charge in [0, 0.05) is 19.1 Å². The van der Waals surface area contributed by atoms with Crippen LogP contribution in [0.4, 0.5) is 0 Å². The van der Waals surface area contributed by atoms with Crippen LogP contribution in [0.1, 0.15) is 20.3 Å². The fourth-order valence-corrected chi connectivity index (χ4v) is 1.18. The predicted octanol–water partition coefficient (Wildman–Crippen LogP) is 0.381. The molecule has 0 saturated carbocycles. The van der Waals surface area contributed by atoms with Gasteiger partial charge in [-0.3, -0.25) is 9.69 Å². The predicted molar refractivity (Wildman–Crippen MR) is 61.6 cm³/mol. The summed E-state index contributed by atoms with van der Waals surface area (Å²) >= 11 is 0. The molecule has 0 rings (SSSR count). The molecule has 4 nitrogen and oxygen atoms in total. The molecule has 2 N–H and O–H groups in total. The minimum Gasteiger partial charge on any atom is -0.395 e. The number of amides is 1. The molecule has 0 aliphatic heterocycles. The second-order valence-electron chi connectivity index (χ2n) is 3.62. The van der Waals surface area contributed by atoms with Gasteiger partial charge in [0.1, 0.15) is 0 Å². The van der Waals surface area contributed by atoms with Gasteiger partial charge in [-0.05, 0) is 13.3 Å². The number of hydrogen-bond acceptors (Lipinski definition) is 3. The SMILES string of the molecule is C=CCN(CCO)CC(=O)NC(C)CC. The number of nitrogens with one attached hydrogen (secondary N) is 1. The fourth-order valence-electron chi connectivity index (χ4n) is 1.18. The summed E-state index contributed by atoms with van der Waals surface area (Å²) in [5.41, 5.74) is 0. The third-order valence-corrected chi connectivity index (χ3v) is 2.19. The van der Waals surface area contributed by atoms with Crippen molar-refractivity contribution in [3.63, 3.8) is 0 Å². The normalized spacial score (nSPS) is 12.5. The minimum atomic E-state index is -0.000324. The van der Waals surface area contributed by atoms with Crippen molar-refractivity contribution in [2.45, 2.75) is 26.3 Å². The van der Waals surface area contributed by atoms with Crippen molar-refractivity contribution in [1.82, 2.24) is 10.2 Å². The van der Waals surface area contributed by atoms with E-state index in [-0.39, 0.29) is 18.6 Å². The first-order valence-electron chi connectivity index (χ1n) is 5.37. The molecule has 1 unspecified atom stereocenters. The molecule has 4 heteroatoms. The van der Waals surface area contributed by atoms with Gasteiger partial charge in [-0.15, -0.1) is 6.58 Å². The first kappa shape index (κ1) is 14.1. The second-order valence-corrected chi connectivity index (χ2v) is 3.62. The van der Waals surface area contributed by atoms with Crippen LogP contribution in [-0.2, 0) is 4.79 Å². The average molecular weight is 214 g/mol. The highest BCUT2D eigenvalue weighted by atomic mass is 16.3. The maximum atomic E-state index is 11.5. The van der Waals surface area contributed by atoms with Gasteiger partial charge in [0.15, 0.2) is 0 Å². The Kier molecular flexibility index (Phi) is 7.95. The van der Waals surface area contributed by atoms with Gasteiger partial charge >= 0.3 is 0 Å². The molecule has 0 radical (unpaired) electrons. The largest absolute Gasteiger partial charge is 0.395 e. The van der Waals surface area contributed by atoms with Crippen molar-refractivity contribution in [3.05, 3.63) is 12.7 Å². The van der Waals surface area contributed by atoms with Crippen molar-refractivity contribution in [2.75, 3.05) is 26.2 Å². The summed E-state index contributed by atoms with van der Waals surface area (Å²) in [6.07, 6.45) is 2.65. The molecule has 15 heavy (non-hydrogen) atoms. The molecule has 1 amide bonds. The Hall–Kier alpha value is -0.870. The van der Waals surface area contributed by atoms with Crippen molar-refractivity contribution in [2.24, 2.45) is 0 Å². The van der Waals surface area contributed by atoms with E-state index in [1.54, 1.807) is 6.08 Å². The standard InChI is InChI=1S/C11H22N2O2/c1-4-6-13(7-8-14)9-11(15)12-10(3)5-2/h4,10,14H,1,5-9H2,2-3H3,(H,12,15). The lowest BCUT2D eigenvalue weighted by molar-refractivity contribution is -0.122. The minimum absolute atomic E-state index is 0.000324. The van der Waals surface area contributed by atoms with Gasteiger partial charge in [-0.2, -0.15) is 0 Å². The Morgan fingerprint density at radius 1 is 1.67 bits per heavy atom. The van der Waals surface area contributed by atoms with Gasteiger partial charge in [0.2, 0.25) is 5.91 Å². The lowest BCUT2D eigenvalue weighted by atomic mass is 10.2. The Bertz CT molecular complexity index is 195. The summed E-state index contributed by atoms with van der Waals surface area (Å²) in [4.78, 5) is 13.4. The van der Waals surface area contributed by atoms with E-state index < -0.39 is 0 Å². The lowest BCUT2D eigenvalue weighted by Crippen LogP contribution is -2.41. The van der Waals surface area contributed by atoms with E-state index >= 15 is 0 Å². The van der Waals surface area contributed by atoms with E-state index in [2.05, 4.69) is 11.9 Å². The third kappa shape index (κ3) is 7.11. The van der Waals surface area contributed by atoms with Crippen LogP contribution in [0.2, 0.25) is 0 Å². The zero-order valence-corrected chi connectivity index (χ0v) is 9.70. The van der Waals surface area contributed by atoms with E-state index in [1.165, 1.54) is 0 Å². The van der Waals surface area contributed by atoms with E-state index in [4.69, 9.17) is 5.11 Å². The van der Waals surface area contributed by atoms with Crippen LogP contribution in [0.25, 0.3) is 0 Å². The summed E-state index contributed by atoms with van der Waals surface area (Å²) in [5.74, 6) is -0.000324. The van der Waals surface area contributed by atoms with E-state index in [0.717, 1.165) is 6.42 Å². The summed E-state index contributed by atoms with van der Waals surface area (Å²) in [6.45, 7) is 9.11. The number of carbonyl (C=O) groups excluding carboxylic acids is 1. The van der Waals surface area contributed by atoms with E-state index in [0.29, 0.717) is 19.6 Å². The smallest absolute Gasteiger partial charge is 0.234 e.